The van der Waals surface area contributed by atoms with Crippen molar-refractivity contribution in [2.75, 3.05) is 0 Å². The van der Waals surface area contributed by atoms with Crippen molar-refractivity contribution in [2.45, 2.75) is 73.1 Å². The van der Waals surface area contributed by atoms with Gasteiger partial charge in [0.05, 0.1) is 0 Å². The van der Waals surface area contributed by atoms with Gasteiger partial charge in [-0.25, -0.2) is 0 Å². The lowest BCUT2D eigenvalue weighted by atomic mass is 9.72. The second-order valence-electron chi connectivity index (χ2n) is 8.91. The molecule has 2 aromatic rings. The molecule has 23 heavy (non-hydrogen) atoms. The molecule has 124 valence electrons. The van der Waals surface area contributed by atoms with Gasteiger partial charge in [-0.2, -0.15) is 0 Å². The molecule has 0 radical (unpaired) electrons. The summed E-state index contributed by atoms with van der Waals surface area (Å²) in [6.07, 6.45) is 0. The van der Waals surface area contributed by atoms with Crippen molar-refractivity contribution in [3.05, 3.63) is 58.1 Å². The molecule has 0 aliphatic heterocycles. The van der Waals surface area contributed by atoms with Gasteiger partial charge in [0.2, 0.25) is 0 Å². The van der Waals surface area contributed by atoms with Crippen molar-refractivity contribution in [1.29, 1.82) is 0 Å². The van der Waals surface area contributed by atoms with E-state index in [1.165, 1.54) is 38.9 Å². The van der Waals surface area contributed by atoms with E-state index >= 15 is 0 Å². The van der Waals surface area contributed by atoms with Gasteiger partial charge in [-0.05, 0) is 70.5 Å². The van der Waals surface area contributed by atoms with Crippen LogP contribution in [0, 0.1) is 20.8 Å². The van der Waals surface area contributed by atoms with E-state index in [0.717, 1.165) is 0 Å². The molecular weight excluding hydrogens is 276 g/mol. The molecule has 0 aromatic heterocycles. The SMILES string of the molecule is Cc1ccc(-c2cccc(C(C)(C)C)c2C(C)(C)C)c(C)c1C. The number of hydrogen-bond acceptors (Lipinski definition) is 0. The van der Waals surface area contributed by atoms with E-state index in [2.05, 4.69) is 92.6 Å². The Morgan fingerprint density at radius 3 is 1.74 bits per heavy atom. The molecule has 0 saturated carbocycles. The Hall–Kier alpha value is -1.56. The average molecular weight is 309 g/mol. The first-order valence-electron chi connectivity index (χ1n) is 8.65. The van der Waals surface area contributed by atoms with E-state index in [4.69, 9.17) is 0 Å². The quantitative estimate of drug-likeness (QED) is 0.539. The first-order chi connectivity index (χ1) is 10.4. The molecule has 0 nitrogen and oxygen atoms in total. The van der Waals surface area contributed by atoms with Crippen LogP contribution in [0.4, 0.5) is 0 Å². The second kappa shape index (κ2) is 5.82. The second-order valence-corrected chi connectivity index (χ2v) is 8.91. The lowest BCUT2D eigenvalue weighted by Gasteiger charge is -2.33. The van der Waals surface area contributed by atoms with Crippen LogP contribution in [0.3, 0.4) is 0 Å². The standard InChI is InChI=1S/C23H32/c1-15-13-14-18(17(3)16(15)2)19-11-10-12-20(22(4,5)6)21(19)23(7,8)9/h10-14H,1-9H3. The summed E-state index contributed by atoms with van der Waals surface area (Å²) in [4.78, 5) is 0. The van der Waals surface area contributed by atoms with Crippen molar-refractivity contribution in [1.82, 2.24) is 0 Å². The number of hydrogen-bond donors (Lipinski definition) is 0. The van der Waals surface area contributed by atoms with Gasteiger partial charge in [-0.1, -0.05) is 71.9 Å². The van der Waals surface area contributed by atoms with E-state index < -0.39 is 0 Å². The molecule has 2 rings (SSSR count). The van der Waals surface area contributed by atoms with Crippen LogP contribution in [0.1, 0.15) is 69.4 Å². The smallest absolute Gasteiger partial charge is 0.0123 e. The molecule has 0 saturated heterocycles. The summed E-state index contributed by atoms with van der Waals surface area (Å²) in [6.45, 7) is 20.6. The maximum atomic E-state index is 2.33. The van der Waals surface area contributed by atoms with Crippen LogP contribution < -0.4 is 0 Å². The highest BCUT2D eigenvalue weighted by Crippen LogP contribution is 2.41. The molecule has 0 atom stereocenters. The highest BCUT2D eigenvalue weighted by Gasteiger charge is 2.28. The summed E-state index contributed by atoms with van der Waals surface area (Å²) in [6, 6.07) is 11.4. The van der Waals surface area contributed by atoms with Crippen LogP contribution >= 0.6 is 0 Å². The van der Waals surface area contributed by atoms with Gasteiger partial charge < -0.3 is 0 Å². The molecular formula is C23H32. The fourth-order valence-electron chi connectivity index (χ4n) is 3.46. The maximum absolute atomic E-state index is 2.33. The van der Waals surface area contributed by atoms with Crippen LogP contribution in [-0.4, -0.2) is 0 Å². The highest BCUT2D eigenvalue weighted by atomic mass is 14.3. The lowest BCUT2D eigenvalue weighted by molar-refractivity contribution is 0.531. The molecule has 0 bridgehead atoms. The van der Waals surface area contributed by atoms with Crippen molar-refractivity contribution in [2.24, 2.45) is 0 Å². The van der Waals surface area contributed by atoms with E-state index in [9.17, 15) is 0 Å². The Balaban J connectivity index is 2.87. The van der Waals surface area contributed by atoms with Gasteiger partial charge in [0.1, 0.15) is 0 Å². The minimum atomic E-state index is 0.116. The largest absolute Gasteiger partial charge is 0.0613 e. The summed E-state index contributed by atoms with van der Waals surface area (Å²) in [5, 5.41) is 0. The third-order valence-corrected chi connectivity index (χ3v) is 4.97. The highest BCUT2D eigenvalue weighted by molar-refractivity contribution is 5.75. The molecule has 0 N–H and O–H groups in total. The minimum Gasteiger partial charge on any atom is -0.0613 e. The number of benzene rings is 2. The molecule has 0 aliphatic carbocycles. The van der Waals surface area contributed by atoms with Gasteiger partial charge in [-0.15, -0.1) is 0 Å². The van der Waals surface area contributed by atoms with Crippen LogP contribution in [0.15, 0.2) is 30.3 Å². The van der Waals surface area contributed by atoms with Crippen LogP contribution in [0.25, 0.3) is 11.1 Å². The van der Waals surface area contributed by atoms with Crippen LogP contribution in [-0.2, 0) is 10.8 Å². The number of aryl methyl sites for hydroxylation is 1. The fraction of sp³-hybridized carbons (Fsp3) is 0.478. The Morgan fingerprint density at radius 2 is 1.22 bits per heavy atom. The lowest BCUT2D eigenvalue weighted by Crippen LogP contribution is -2.23. The van der Waals surface area contributed by atoms with Gasteiger partial charge in [0.25, 0.3) is 0 Å². The third-order valence-electron chi connectivity index (χ3n) is 4.97. The minimum absolute atomic E-state index is 0.116. The molecule has 0 spiro atoms. The average Bonchev–Trinajstić information content (AvgIpc) is 2.42. The molecule has 0 unspecified atom stereocenters. The maximum Gasteiger partial charge on any atom is -0.0123 e. The first kappa shape index (κ1) is 17.8. The predicted octanol–water partition coefficient (Wildman–Crippen LogP) is 6.87. The normalized spacial score (nSPS) is 12.6. The van der Waals surface area contributed by atoms with Crippen molar-refractivity contribution in [3.8, 4) is 11.1 Å². The predicted molar refractivity (Wildman–Crippen MR) is 103 cm³/mol. The van der Waals surface area contributed by atoms with Gasteiger partial charge >= 0.3 is 0 Å². The number of rotatable bonds is 1. The molecule has 2 aromatic carbocycles. The van der Waals surface area contributed by atoms with E-state index in [1.54, 1.807) is 0 Å². The molecule has 0 heterocycles. The monoisotopic (exact) mass is 308 g/mol. The Kier molecular flexibility index (Phi) is 4.50. The third kappa shape index (κ3) is 3.37. The van der Waals surface area contributed by atoms with E-state index in [-0.39, 0.29) is 10.8 Å². The molecule has 0 amide bonds. The summed E-state index contributed by atoms with van der Waals surface area (Å²) < 4.78 is 0. The Morgan fingerprint density at radius 1 is 0.609 bits per heavy atom. The molecule has 0 heteroatoms. The topological polar surface area (TPSA) is 0 Å². The summed E-state index contributed by atoms with van der Waals surface area (Å²) in [5.74, 6) is 0. The zero-order valence-electron chi connectivity index (χ0n) is 16.4. The van der Waals surface area contributed by atoms with Crippen molar-refractivity contribution < 1.29 is 0 Å². The summed E-state index contributed by atoms with van der Waals surface area (Å²) in [7, 11) is 0. The fourth-order valence-corrected chi connectivity index (χ4v) is 3.46. The van der Waals surface area contributed by atoms with Gasteiger partial charge in [0.15, 0.2) is 0 Å². The van der Waals surface area contributed by atoms with Crippen LogP contribution in [0.2, 0.25) is 0 Å². The summed E-state index contributed by atoms with van der Waals surface area (Å²) in [5.41, 5.74) is 10.2. The van der Waals surface area contributed by atoms with E-state index in [1.807, 2.05) is 0 Å². The Bertz CT molecular complexity index is 719. The summed E-state index contributed by atoms with van der Waals surface area (Å²) >= 11 is 0. The van der Waals surface area contributed by atoms with E-state index in [0.29, 0.717) is 0 Å². The van der Waals surface area contributed by atoms with Gasteiger partial charge in [0, 0.05) is 0 Å². The first-order valence-corrected chi connectivity index (χ1v) is 8.65. The van der Waals surface area contributed by atoms with Crippen molar-refractivity contribution in [3.63, 3.8) is 0 Å². The van der Waals surface area contributed by atoms with Crippen molar-refractivity contribution >= 4 is 0 Å². The Labute approximate surface area is 143 Å². The molecule has 0 aliphatic rings. The zero-order chi connectivity index (χ0) is 17.6. The van der Waals surface area contributed by atoms with Crippen LogP contribution in [0.5, 0.6) is 0 Å². The zero-order valence-corrected chi connectivity index (χ0v) is 16.4. The molecule has 0 fully saturated rings. The van der Waals surface area contributed by atoms with Gasteiger partial charge in [-0.3, -0.25) is 0 Å².